The predicted octanol–water partition coefficient (Wildman–Crippen LogP) is 7.06. The molecule has 2 aliphatic heterocycles. The molecule has 2 aromatic carbocycles. The summed E-state index contributed by atoms with van der Waals surface area (Å²) in [4.78, 5) is 3.15. The zero-order valence-electron chi connectivity index (χ0n) is 15.3. The minimum absolute atomic E-state index is 0.248. The third kappa shape index (κ3) is 1.98. The summed E-state index contributed by atoms with van der Waals surface area (Å²) in [6.07, 6.45) is 0. The standard InChI is InChI=1S/C20H26P2S2/c1-13(2)22(14(3)4)21(17-11-15(5)7-9-19(17)23-22)18-12-16(6)8-10-20(18)24-22/h7-14H,1-6H3. The molecule has 0 nitrogen and oxygen atoms in total. The molecule has 4 rings (SSSR count). The second-order valence-corrected chi connectivity index (χ2v) is 26.6. The van der Waals surface area contributed by atoms with Gasteiger partial charge in [0.2, 0.25) is 0 Å². The van der Waals surface area contributed by atoms with Crippen LogP contribution in [0.3, 0.4) is 0 Å². The summed E-state index contributed by atoms with van der Waals surface area (Å²) in [6, 6.07) is 14.4. The molecule has 0 saturated carbocycles. The van der Waals surface area contributed by atoms with Crippen LogP contribution in [0, 0.1) is 13.8 Å². The maximum absolute atomic E-state index is 2.51. The van der Waals surface area contributed by atoms with Gasteiger partial charge in [-0.15, -0.1) is 0 Å². The third-order valence-corrected chi connectivity index (χ3v) is 34.6. The van der Waals surface area contributed by atoms with Crippen molar-refractivity contribution < 1.29 is 0 Å². The Labute approximate surface area is 155 Å². The molecule has 2 heterocycles. The number of benzene rings is 2. The van der Waals surface area contributed by atoms with Crippen molar-refractivity contribution >= 4 is 45.7 Å². The molecule has 2 aliphatic rings. The van der Waals surface area contributed by atoms with Crippen molar-refractivity contribution in [1.29, 1.82) is 0 Å². The quantitative estimate of drug-likeness (QED) is 0.502. The van der Waals surface area contributed by atoms with Gasteiger partial charge in [-0.3, -0.25) is 0 Å². The number of aryl methyl sites for hydroxylation is 2. The minimum atomic E-state index is -2.06. The first-order valence-corrected chi connectivity index (χ1v) is 16.0. The van der Waals surface area contributed by atoms with Gasteiger partial charge in [0.1, 0.15) is 0 Å². The molecule has 24 heavy (non-hydrogen) atoms. The van der Waals surface area contributed by atoms with Crippen LogP contribution in [0.1, 0.15) is 38.8 Å². The fourth-order valence-corrected chi connectivity index (χ4v) is 33.5. The Morgan fingerprint density at radius 2 is 1.17 bits per heavy atom. The zero-order chi connectivity index (χ0) is 17.3. The average Bonchev–Trinajstić information content (AvgIpc) is 2.97. The van der Waals surface area contributed by atoms with Crippen molar-refractivity contribution in [2.75, 3.05) is 0 Å². The molecular weight excluding hydrogens is 366 g/mol. The molecule has 0 aromatic heterocycles. The van der Waals surface area contributed by atoms with Crippen LogP contribution in [0.4, 0.5) is 0 Å². The molecule has 2 aromatic rings. The molecule has 4 heteroatoms. The zero-order valence-corrected chi connectivity index (χ0v) is 18.8. The van der Waals surface area contributed by atoms with Crippen molar-refractivity contribution in [2.24, 2.45) is 0 Å². The summed E-state index contributed by atoms with van der Waals surface area (Å²) >= 11 is 4.62. The molecule has 0 saturated heterocycles. The summed E-state index contributed by atoms with van der Waals surface area (Å²) in [5.74, 6) is 0. The van der Waals surface area contributed by atoms with Gasteiger partial charge < -0.3 is 0 Å². The Morgan fingerprint density at radius 3 is 1.54 bits per heavy atom. The molecule has 0 bridgehead atoms. The maximum atomic E-state index is 2.51. The molecule has 128 valence electrons. The van der Waals surface area contributed by atoms with Gasteiger partial charge in [0.25, 0.3) is 0 Å². The van der Waals surface area contributed by atoms with E-state index in [0.717, 1.165) is 11.3 Å². The summed E-state index contributed by atoms with van der Waals surface area (Å²) in [6.45, 7) is 14.5. The SMILES string of the molecule is Cc1ccc2c(c1)P1c3cc(C)ccc3SP1(C(C)C)(C(C)C)S2. The van der Waals surface area contributed by atoms with E-state index in [0.29, 0.717) is 0 Å². The van der Waals surface area contributed by atoms with E-state index in [1.54, 1.807) is 20.4 Å². The summed E-state index contributed by atoms with van der Waals surface area (Å²) < 4.78 is -2.06. The fourth-order valence-electron chi connectivity index (χ4n) is 4.27. The van der Waals surface area contributed by atoms with Crippen LogP contribution in [-0.2, 0) is 0 Å². The van der Waals surface area contributed by atoms with Crippen molar-refractivity contribution in [3.8, 4) is 0 Å². The van der Waals surface area contributed by atoms with E-state index in [1.807, 2.05) is 0 Å². The van der Waals surface area contributed by atoms with Crippen molar-refractivity contribution in [3.63, 3.8) is 0 Å². The second-order valence-electron chi connectivity index (χ2n) is 7.66. The van der Waals surface area contributed by atoms with Crippen LogP contribution in [-0.4, -0.2) is 11.3 Å². The van der Waals surface area contributed by atoms with E-state index in [1.165, 1.54) is 11.1 Å². The van der Waals surface area contributed by atoms with E-state index in [-0.39, 0.29) is 7.61 Å². The Kier molecular flexibility index (Phi) is 3.99. The van der Waals surface area contributed by atoms with Gasteiger partial charge in [0.05, 0.1) is 0 Å². The van der Waals surface area contributed by atoms with Gasteiger partial charge >= 0.3 is 156 Å². The number of hydrogen-bond acceptors (Lipinski definition) is 2. The van der Waals surface area contributed by atoms with E-state index in [2.05, 4.69) is 101 Å². The molecule has 0 N–H and O–H groups in total. The third-order valence-electron chi connectivity index (χ3n) is 5.54. The Balaban J connectivity index is 2.09. The van der Waals surface area contributed by atoms with Crippen molar-refractivity contribution in [3.05, 3.63) is 47.5 Å². The Hall–Kier alpha value is 0.0000000000000000555. The van der Waals surface area contributed by atoms with Gasteiger partial charge in [-0.1, -0.05) is 0 Å². The monoisotopic (exact) mass is 392 g/mol. The second kappa shape index (κ2) is 5.50. The van der Waals surface area contributed by atoms with E-state index >= 15 is 0 Å². The van der Waals surface area contributed by atoms with Gasteiger partial charge in [0, 0.05) is 0 Å². The van der Waals surface area contributed by atoms with Gasteiger partial charge in [-0.25, -0.2) is 0 Å². The summed E-state index contributed by atoms with van der Waals surface area (Å²) in [5, 5.41) is 3.35. The van der Waals surface area contributed by atoms with Gasteiger partial charge in [-0.05, 0) is 0 Å². The molecule has 0 aliphatic carbocycles. The van der Waals surface area contributed by atoms with Crippen molar-refractivity contribution in [1.82, 2.24) is 0 Å². The fraction of sp³-hybridized carbons (Fsp3) is 0.400. The van der Waals surface area contributed by atoms with Gasteiger partial charge in [0.15, 0.2) is 0 Å². The summed E-state index contributed by atoms with van der Waals surface area (Å²) in [7, 11) is -0.248. The first-order valence-electron chi connectivity index (χ1n) is 8.72. The summed E-state index contributed by atoms with van der Waals surface area (Å²) in [5.41, 5.74) is 4.29. The van der Waals surface area contributed by atoms with E-state index in [9.17, 15) is 0 Å². The van der Waals surface area contributed by atoms with E-state index in [4.69, 9.17) is 0 Å². The van der Waals surface area contributed by atoms with Crippen LogP contribution < -0.4 is 10.6 Å². The van der Waals surface area contributed by atoms with Crippen LogP contribution in [0.5, 0.6) is 0 Å². The number of rotatable bonds is 2. The topological polar surface area (TPSA) is 0 Å². The molecule has 0 amide bonds. The Bertz CT molecular complexity index is 774. The first kappa shape index (κ1) is 17.4. The van der Waals surface area contributed by atoms with Gasteiger partial charge in [-0.2, -0.15) is 0 Å². The molecule has 0 fully saturated rings. The molecule has 0 atom stereocenters. The van der Waals surface area contributed by atoms with Crippen LogP contribution in [0.15, 0.2) is 46.2 Å². The predicted molar refractivity (Wildman–Crippen MR) is 117 cm³/mol. The van der Waals surface area contributed by atoms with Crippen molar-refractivity contribution in [2.45, 2.75) is 62.7 Å². The average molecular weight is 393 g/mol. The molecule has 0 radical (unpaired) electrons. The first-order chi connectivity index (χ1) is 11.3. The van der Waals surface area contributed by atoms with Crippen LogP contribution in [0.2, 0.25) is 0 Å². The Morgan fingerprint density at radius 1 is 0.750 bits per heavy atom. The van der Waals surface area contributed by atoms with E-state index < -0.39 is 4.70 Å². The molecule has 0 spiro atoms. The number of hydrogen-bond donors (Lipinski definition) is 0. The van der Waals surface area contributed by atoms with Crippen LogP contribution in [0.25, 0.3) is 0 Å². The van der Waals surface area contributed by atoms with Crippen LogP contribution >= 0.6 is 35.1 Å². The molecule has 0 unspecified atom stereocenters. The normalized spacial score (nSPS) is 24.3. The number of fused-ring (bicyclic) bond motifs is 5. The molecular formula is C20H26P2S2.